The third-order valence-corrected chi connectivity index (χ3v) is 3.27. The standard InChI is InChI=1S/C17H12FNO2/c18-15-6-1-2-7-16(15)19-9-8-14(11-19)12-4-3-5-13(10-12)17(20)21/h1-11H,(H,20,21). The molecule has 104 valence electrons. The van der Waals surface area contributed by atoms with Gasteiger partial charge in [0.15, 0.2) is 0 Å². The van der Waals surface area contributed by atoms with Gasteiger partial charge in [-0.3, -0.25) is 0 Å². The van der Waals surface area contributed by atoms with Crippen LogP contribution in [0.1, 0.15) is 10.4 Å². The van der Waals surface area contributed by atoms with Gasteiger partial charge in [0.2, 0.25) is 0 Å². The number of carbonyl (C=O) groups is 1. The Morgan fingerprint density at radius 3 is 2.57 bits per heavy atom. The van der Waals surface area contributed by atoms with Crippen molar-refractivity contribution in [2.75, 3.05) is 0 Å². The van der Waals surface area contributed by atoms with Gasteiger partial charge >= 0.3 is 5.97 Å². The van der Waals surface area contributed by atoms with Crippen molar-refractivity contribution < 1.29 is 14.3 Å². The molecule has 0 amide bonds. The summed E-state index contributed by atoms with van der Waals surface area (Å²) in [6, 6.07) is 15.0. The Balaban J connectivity index is 2.01. The number of aromatic nitrogens is 1. The molecule has 21 heavy (non-hydrogen) atoms. The van der Waals surface area contributed by atoms with Gasteiger partial charge in [-0.25, -0.2) is 9.18 Å². The Morgan fingerprint density at radius 1 is 1.00 bits per heavy atom. The first-order chi connectivity index (χ1) is 10.1. The van der Waals surface area contributed by atoms with Crippen LogP contribution in [0.25, 0.3) is 16.8 Å². The molecule has 0 aliphatic heterocycles. The van der Waals surface area contributed by atoms with E-state index in [0.717, 1.165) is 11.1 Å². The smallest absolute Gasteiger partial charge is 0.335 e. The zero-order valence-electron chi connectivity index (χ0n) is 11.0. The van der Waals surface area contributed by atoms with Gasteiger partial charge in [0, 0.05) is 12.4 Å². The van der Waals surface area contributed by atoms with Gasteiger partial charge in [0.25, 0.3) is 0 Å². The summed E-state index contributed by atoms with van der Waals surface area (Å²) in [4.78, 5) is 11.0. The normalized spacial score (nSPS) is 10.5. The highest BCUT2D eigenvalue weighted by molar-refractivity contribution is 5.89. The lowest BCUT2D eigenvalue weighted by Gasteiger charge is -2.04. The number of nitrogens with zero attached hydrogens (tertiary/aromatic N) is 1. The highest BCUT2D eigenvalue weighted by atomic mass is 19.1. The minimum absolute atomic E-state index is 0.228. The zero-order valence-corrected chi connectivity index (χ0v) is 11.0. The van der Waals surface area contributed by atoms with Gasteiger partial charge in [-0.1, -0.05) is 24.3 Å². The summed E-state index contributed by atoms with van der Waals surface area (Å²) >= 11 is 0. The molecule has 4 heteroatoms. The van der Waals surface area contributed by atoms with Crippen molar-refractivity contribution in [1.29, 1.82) is 0 Å². The summed E-state index contributed by atoms with van der Waals surface area (Å²) in [5.74, 6) is -1.27. The van der Waals surface area contributed by atoms with Crippen LogP contribution in [0.15, 0.2) is 67.0 Å². The van der Waals surface area contributed by atoms with Crippen LogP contribution in [0.5, 0.6) is 0 Å². The second-order valence-corrected chi connectivity index (χ2v) is 4.64. The lowest BCUT2D eigenvalue weighted by atomic mass is 10.1. The molecule has 0 atom stereocenters. The van der Waals surface area contributed by atoms with Gasteiger partial charge in [-0.2, -0.15) is 0 Å². The number of carboxylic acids is 1. The van der Waals surface area contributed by atoms with Gasteiger partial charge in [-0.05, 0) is 41.5 Å². The Morgan fingerprint density at radius 2 is 1.81 bits per heavy atom. The molecule has 0 aliphatic carbocycles. The van der Waals surface area contributed by atoms with E-state index in [-0.39, 0.29) is 11.4 Å². The molecule has 0 unspecified atom stereocenters. The van der Waals surface area contributed by atoms with Crippen molar-refractivity contribution >= 4 is 5.97 Å². The SMILES string of the molecule is O=C(O)c1cccc(-c2ccn(-c3ccccc3F)c2)c1. The molecule has 0 spiro atoms. The third-order valence-electron chi connectivity index (χ3n) is 3.27. The first kappa shape index (κ1) is 13.1. The number of halogens is 1. The number of hydrogen-bond acceptors (Lipinski definition) is 1. The molecule has 0 aliphatic rings. The predicted molar refractivity (Wildman–Crippen MR) is 78.1 cm³/mol. The average Bonchev–Trinajstić information content (AvgIpc) is 2.97. The van der Waals surface area contributed by atoms with Crippen molar-refractivity contribution in [2.24, 2.45) is 0 Å². The van der Waals surface area contributed by atoms with Crippen LogP contribution in [0.4, 0.5) is 4.39 Å². The summed E-state index contributed by atoms with van der Waals surface area (Å²) < 4.78 is 15.4. The maximum Gasteiger partial charge on any atom is 0.335 e. The van der Waals surface area contributed by atoms with E-state index in [2.05, 4.69) is 0 Å². The highest BCUT2D eigenvalue weighted by Crippen LogP contribution is 2.23. The number of hydrogen-bond donors (Lipinski definition) is 1. The summed E-state index contributed by atoms with van der Waals surface area (Å²) in [5.41, 5.74) is 2.30. The predicted octanol–water partition coefficient (Wildman–Crippen LogP) is 3.98. The maximum atomic E-state index is 13.8. The Bertz CT molecular complexity index is 808. The number of aromatic carboxylic acids is 1. The first-order valence-corrected chi connectivity index (χ1v) is 6.42. The van der Waals surface area contributed by atoms with Crippen LogP contribution < -0.4 is 0 Å². The second-order valence-electron chi connectivity index (χ2n) is 4.64. The number of para-hydroxylation sites is 1. The fraction of sp³-hybridized carbons (Fsp3) is 0. The second kappa shape index (κ2) is 5.25. The van der Waals surface area contributed by atoms with Crippen LogP contribution in [-0.2, 0) is 0 Å². The third kappa shape index (κ3) is 2.56. The molecule has 1 aromatic heterocycles. The molecule has 3 nitrogen and oxygen atoms in total. The van der Waals surface area contributed by atoms with Crippen molar-refractivity contribution in [3.63, 3.8) is 0 Å². The average molecular weight is 281 g/mol. The van der Waals surface area contributed by atoms with E-state index in [1.165, 1.54) is 6.07 Å². The Kier molecular flexibility index (Phi) is 3.28. The molecule has 0 radical (unpaired) electrons. The summed E-state index contributed by atoms with van der Waals surface area (Å²) in [7, 11) is 0. The van der Waals surface area contributed by atoms with E-state index in [1.54, 1.807) is 53.4 Å². The number of rotatable bonds is 3. The van der Waals surface area contributed by atoms with Crippen LogP contribution >= 0.6 is 0 Å². The summed E-state index contributed by atoms with van der Waals surface area (Å²) in [6.07, 6.45) is 3.53. The minimum Gasteiger partial charge on any atom is -0.478 e. The fourth-order valence-corrected chi connectivity index (χ4v) is 2.21. The minimum atomic E-state index is -0.967. The molecule has 0 fully saturated rings. The fourth-order valence-electron chi connectivity index (χ4n) is 2.21. The quantitative estimate of drug-likeness (QED) is 0.789. The topological polar surface area (TPSA) is 42.2 Å². The Labute approximate surface area is 120 Å². The largest absolute Gasteiger partial charge is 0.478 e. The van der Waals surface area contributed by atoms with E-state index in [0.29, 0.717) is 5.69 Å². The highest BCUT2D eigenvalue weighted by Gasteiger charge is 2.08. The molecular weight excluding hydrogens is 269 g/mol. The van der Waals surface area contributed by atoms with Crippen LogP contribution in [0, 0.1) is 5.82 Å². The molecule has 0 saturated heterocycles. The number of carboxylic acid groups (broad SMARTS) is 1. The van der Waals surface area contributed by atoms with Crippen molar-refractivity contribution in [1.82, 2.24) is 4.57 Å². The molecule has 0 saturated carbocycles. The molecule has 3 aromatic rings. The zero-order chi connectivity index (χ0) is 14.8. The van der Waals surface area contributed by atoms with Gasteiger partial charge in [-0.15, -0.1) is 0 Å². The van der Waals surface area contributed by atoms with Crippen LogP contribution in [-0.4, -0.2) is 15.6 Å². The maximum absolute atomic E-state index is 13.8. The van der Waals surface area contributed by atoms with E-state index < -0.39 is 5.97 Å². The summed E-state index contributed by atoms with van der Waals surface area (Å²) in [6.45, 7) is 0. The lowest BCUT2D eigenvalue weighted by Crippen LogP contribution is -1.95. The Hall–Kier alpha value is -2.88. The van der Waals surface area contributed by atoms with Gasteiger partial charge in [0.05, 0.1) is 11.3 Å². The first-order valence-electron chi connectivity index (χ1n) is 6.42. The van der Waals surface area contributed by atoms with Gasteiger partial charge < -0.3 is 9.67 Å². The van der Waals surface area contributed by atoms with Crippen molar-refractivity contribution in [3.05, 3.63) is 78.4 Å². The molecule has 1 N–H and O–H groups in total. The van der Waals surface area contributed by atoms with Gasteiger partial charge in [0.1, 0.15) is 5.82 Å². The number of benzene rings is 2. The molecule has 2 aromatic carbocycles. The lowest BCUT2D eigenvalue weighted by molar-refractivity contribution is 0.0697. The van der Waals surface area contributed by atoms with Crippen molar-refractivity contribution in [2.45, 2.75) is 0 Å². The van der Waals surface area contributed by atoms with Crippen LogP contribution in [0.2, 0.25) is 0 Å². The van der Waals surface area contributed by atoms with Crippen LogP contribution in [0.3, 0.4) is 0 Å². The molecule has 0 bridgehead atoms. The van der Waals surface area contributed by atoms with E-state index in [4.69, 9.17) is 5.11 Å². The molecular formula is C17H12FNO2. The van der Waals surface area contributed by atoms with E-state index >= 15 is 0 Å². The molecule has 3 rings (SSSR count). The van der Waals surface area contributed by atoms with Crippen molar-refractivity contribution in [3.8, 4) is 16.8 Å². The summed E-state index contributed by atoms with van der Waals surface area (Å²) in [5, 5.41) is 9.02. The monoisotopic (exact) mass is 281 g/mol. The van der Waals surface area contributed by atoms with E-state index in [1.807, 2.05) is 12.1 Å². The molecule has 1 heterocycles. The van der Waals surface area contributed by atoms with E-state index in [9.17, 15) is 9.18 Å².